The third-order valence-corrected chi connectivity index (χ3v) is 3.81. The number of pyridine rings is 2. The zero-order valence-corrected chi connectivity index (χ0v) is 13.9. The molecule has 0 bridgehead atoms. The Balaban J connectivity index is 1.66. The molecule has 0 radical (unpaired) electrons. The fraction of sp³-hybridized carbons (Fsp3) is 0.150. The fourth-order valence-electron chi connectivity index (χ4n) is 2.48. The van der Waals surface area contributed by atoms with Gasteiger partial charge < -0.3 is 10.1 Å². The summed E-state index contributed by atoms with van der Waals surface area (Å²) in [5.41, 5.74) is 1.63. The van der Waals surface area contributed by atoms with E-state index in [1.807, 2.05) is 25.1 Å². The number of carbonyl (C=O) groups is 1. The van der Waals surface area contributed by atoms with E-state index in [1.54, 1.807) is 55.1 Å². The van der Waals surface area contributed by atoms with Gasteiger partial charge in [-0.25, -0.2) is 0 Å². The summed E-state index contributed by atoms with van der Waals surface area (Å²) in [7, 11) is 0. The highest BCUT2D eigenvalue weighted by Crippen LogP contribution is 2.21. The first-order valence-electron chi connectivity index (χ1n) is 8.15. The number of ether oxygens (including phenoxy) is 1. The normalized spacial score (nSPS) is 11.6. The molecule has 3 rings (SSSR count). The van der Waals surface area contributed by atoms with Crippen LogP contribution in [0.5, 0.6) is 11.5 Å². The lowest BCUT2D eigenvalue weighted by Crippen LogP contribution is -2.28. The second kappa shape index (κ2) is 8.06. The van der Waals surface area contributed by atoms with Gasteiger partial charge in [0.15, 0.2) is 0 Å². The molecule has 0 saturated carbocycles. The fourth-order valence-corrected chi connectivity index (χ4v) is 2.48. The van der Waals surface area contributed by atoms with Gasteiger partial charge in [0.2, 0.25) is 0 Å². The lowest BCUT2D eigenvalue weighted by Gasteiger charge is -2.17. The van der Waals surface area contributed by atoms with Crippen LogP contribution in [-0.4, -0.2) is 15.9 Å². The van der Waals surface area contributed by atoms with Crippen LogP contribution in [-0.2, 0) is 0 Å². The van der Waals surface area contributed by atoms with Gasteiger partial charge in [0.1, 0.15) is 11.5 Å². The molecule has 5 heteroatoms. The molecule has 126 valence electrons. The van der Waals surface area contributed by atoms with Crippen molar-refractivity contribution in [2.24, 2.45) is 0 Å². The van der Waals surface area contributed by atoms with Crippen molar-refractivity contribution in [2.75, 3.05) is 0 Å². The molecule has 5 nitrogen and oxygen atoms in total. The second-order valence-corrected chi connectivity index (χ2v) is 5.53. The van der Waals surface area contributed by atoms with Crippen LogP contribution in [0, 0.1) is 0 Å². The average molecular weight is 333 g/mol. The highest BCUT2D eigenvalue weighted by atomic mass is 16.5. The summed E-state index contributed by atoms with van der Waals surface area (Å²) in [5.74, 6) is 1.20. The molecule has 0 aliphatic carbocycles. The molecule has 0 aliphatic heterocycles. The van der Waals surface area contributed by atoms with E-state index in [0.717, 1.165) is 12.0 Å². The minimum atomic E-state index is -0.114. The van der Waals surface area contributed by atoms with E-state index in [4.69, 9.17) is 4.74 Å². The zero-order valence-electron chi connectivity index (χ0n) is 13.9. The summed E-state index contributed by atoms with van der Waals surface area (Å²) in [6.45, 7) is 2.04. The first-order valence-corrected chi connectivity index (χ1v) is 8.15. The SMILES string of the molecule is CC[C@@H](NC(=O)c1ccc(Oc2cccnc2)cc1)c1ccncc1. The predicted molar refractivity (Wildman–Crippen MR) is 95.5 cm³/mol. The summed E-state index contributed by atoms with van der Waals surface area (Å²) in [4.78, 5) is 20.5. The molecule has 1 atom stereocenters. The number of nitrogens with zero attached hydrogens (tertiary/aromatic N) is 2. The van der Waals surface area contributed by atoms with Gasteiger partial charge in [-0.2, -0.15) is 0 Å². The van der Waals surface area contributed by atoms with Crippen LogP contribution in [0.2, 0.25) is 0 Å². The van der Waals surface area contributed by atoms with E-state index in [0.29, 0.717) is 17.1 Å². The van der Waals surface area contributed by atoms with Gasteiger partial charge in [0.05, 0.1) is 12.2 Å². The van der Waals surface area contributed by atoms with Gasteiger partial charge in [0.25, 0.3) is 5.91 Å². The van der Waals surface area contributed by atoms with Crippen molar-refractivity contribution in [3.63, 3.8) is 0 Å². The molecule has 1 N–H and O–H groups in total. The number of hydrogen-bond donors (Lipinski definition) is 1. The Morgan fingerprint density at radius 3 is 2.40 bits per heavy atom. The maximum Gasteiger partial charge on any atom is 0.251 e. The lowest BCUT2D eigenvalue weighted by molar-refractivity contribution is 0.0935. The Hall–Kier alpha value is -3.21. The van der Waals surface area contributed by atoms with Crippen LogP contribution in [0.3, 0.4) is 0 Å². The Morgan fingerprint density at radius 1 is 1.00 bits per heavy atom. The standard InChI is InChI=1S/C20H19N3O2/c1-2-19(15-9-12-21-13-10-15)23-20(24)16-5-7-17(8-6-16)25-18-4-3-11-22-14-18/h3-14,19H,2H2,1H3,(H,23,24)/t19-/m1/s1. The molecule has 2 aromatic heterocycles. The molecule has 0 unspecified atom stereocenters. The van der Waals surface area contributed by atoms with Crippen molar-refractivity contribution in [1.29, 1.82) is 0 Å². The van der Waals surface area contributed by atoms with Gasteiger partial charge >= 0.3 is 0 Å². The van der Waals surface area contributed by atoms with Gasteiger partial charge in [-0.1, -0.05) is 6.92 Å². The van der Waals surface area contributed by atoms with Crippen LogP contribution in [0.4, 0.5) is 0 Å². The van der Waals surface area contributed by atoms with E-state index in [2.05, 4.69) is 15.3 Å². The van der Waals surface area contributed by atoms with Gasteiger partial charge in [-0.3, -0.25) is 14.8 Å². The van der Waals surface area contributed by atoms with Crippen LogP contribution in [0.15, 0.2) is 73.3 Å². The van der Waals surface area contributed by atoms with E-state index in [-0.39, 0.29) is 11.9 Å². The predicted octanol–water partition coefficient (Wildman–Crippen LogP) is 4.15. The number of nitrogens with one attached hydrogen (secondary N) is 1. The van der Waals surface area contributed by atoms with E-state index in [1.165, 1.54) is 0 Å². The lowest BCUT2D eigenvalue weighted by atomic mass is 10.1. The summed E-state index contributed by atoms with van der Waals surface area (Å²) in [5, 5.41) is 3.05. The van der Waals surface area contributed by atoms with Crippen LogP contribution in [0.1, 0.15) is 35.3 Å². The molecule has 2 heterocycles. The zero-order chi connectivity index (χ0) is 17.5. The first-order chi connectivity index (χ1) is 12.3. The minimum Gasteiger partial charge on any atom is -0.456 e. The number of rotatable bonds is 6. The highest BCUT2D eigenvalue weighted by molar-refractivity contribution is 5.94. The molecule has 1 aromatic carbocycles. The maximum atomic E-state index is 12.5. The second-order valence-electron chi connectivity index (χ2n) is 5.53. The largest absolute Gasteiger partial charge is 0.456 e. The molecule has 0 spiro atoms. The van der Waals surface area contributed by atoms with Crippen LogP contribution in [0.25, 0.3) is 0 Å². The van der Waals surface area contributed by atoms with Gasteiger partial charge in [-0.15, -0.1) is 0 Å². The summed E-state index contributed by atoms with van der Waals surface area (Å²) in [6.07, 6.45) is 7.59. The van der Waals surface area contributed by atoms with Crippen LogP contribution < -0.4 is 10.1 Å². The van der Waals surface area contributed by atoms with E-state index < -0.39 is 0 Å². The number of hydrogen-bond acceptors (Lipinski definition) is 4. The average Bonchev–Trinajstić information content (AvgIpc) is 2.68. The number of amides is 1. The van der Waals surface area contributed by atoms with E-state index >= 15 is 0 Å². The molecular formula is C20H19N3O2. The summed E-state index contributed by atoms with van der Waals surface area (Å²) < 4.78 is 5.68. The topological polar surface area (TPSA) is 64.1 Å². The molecular weight excluding hydrogens is 314 g/mol. The smallest absolute Gasteiger partial charge is 0.251 e. The molecule has 0 saturated heterocycles. The Bertz CT molecular complexity index is 805. The van der Waals surface area contributed by atoms with Crippen molar-refractivity contribution < 1.29 is 9.53 Å². The number of carbonyl (C=O) groups excluding carboxylic acids is 1. The third-order valence-electron chi connectivity index (χ3n) is 3.81. The minimum absolute atomic E-state index is 0.0400. The van der Waals surface area contributed by atoms with Crippen LogP contribution >= 0.6 is 0 Å². The monoisotopic (exact) mass is 333 g/mol. The molecule has 1 amide bonds. The van der Waals surface area contributed by atoms with Crippen molar-refractivity contribution in [3.8, 4) is 11.5 Å². The van der Waals surface area contributed by atoms with E-state index in [9.17, 15) is 4.79 Å². The molecule has 3 aromatic rings. The number of benzene rings is 1. The summed E-state index contributed by atoms with van der Waals surface area (Å²) in [6, 6.07) is 14.5. The van der Waals surface area contributed by atoms with Crippen molar-refractivity contribution >= 4 is 5.91 Å². The number of aromatic nitrogens is 2. The Labute approximate surface area is 146 Å². The maximum absolute atomic E-state index is 12.5. The Kier molecular flexibility index (Phi) is 5.36. The Morgan fingerprint density at radius 2 is 1.76 bits per heavy atom. The quantitative estimate of drug-likeness (QED) is 0.736. The van der Waals surface area contributed by atoms with Crippen molar-refractivity contribution in [1.82, 2.24) is 15.3 Å². The third kappa shape index (κ3) is 4.41. The van der Waals surface area contributed by atoms with Gasteiger partial charge in [-0.05, 0) is 60.5 Å². The van der Waals surface area contributed by atoms with Crippen molar-refractivity contribution in [2.45, 2.75) is 19.4 Å². The molecule has 0 fully saturated rings. The molecule has 25 heavy (non-hydrogen) atoms. The molecule has 0 aliphatic rings. The first kappa shape index (κ1) is 16.6. The van der Waals surface area contributed by atoms with Gasteiger partial charge in [0, 0.05) is 24.2 Å². The van der Waals surface area contributed by atoms with Crippen molar-refractivity contribution in [3.05, 3.63) is 84.4 Å². The highest BCUT2D eigenvalue weighted by Gasteiger charge is 2.14. The summed E-state index contributed by atoms with van der Waals surface area (Å²) >= 11 is 0.